The van der Waals surface area contributed by atoms with Gasteiger partial charge in [0.15, 0.2) is 11.0 Å². The molecule has 5 rings (SSSR count). The largest absolute Gasteiger partial charge is 0.508 e. The van der Waals surface area contributed by atoms with Crippen molar-refractivity contribution >= 4 is 34.1 Å². The summed E-state index contributed by atoms with van der Waals surface area (Å²) in [7, 11) is 0. The van der Waals surface area contributed by atoms with Crippen LogP contribution in [0.3, 0.4) is 0 Å². The maximum Gasteiger partial charge on any atom is 0.336 e. The summed E-state index contributed by atoms with van der Waals surface area (Å²) >= 11 is 3.11. The number of hydrogen-bond acceptors (Lipinski definition) is 7. The molecule has 5 aromatic rings. The van der Waals surface area contributed by atoms with Crippen LogP contribution >= 0.6 is 23.1 Å². The lowest BCUT2D eigenvalue weighted by Gasteiger charge is -2.10. The molecular formula is C23H17N3O3S2. The summed E-state index contributed by atoms with van der Waals surface area (Å²) < 4.78 is 7.38. The molecule has 8 heteroatoms. The van der Waals surface area contributed by atoms with E-state index in [0.717, 1.165) is 32.5 Å². The number of nitrogens with zero attached hydrogens (tertiary/aromatic N) is 3. The molecule has 3 heterocycles. The molecule has 0 radical (unpaired) electrons. The number of aromatic hydroxyl groups is 1. The molecule has 0 fully saturated rings. The average molecular weight is 448 g/mol. The third kappa shape index (κ3) is 3.64. The first kappa shape index (κ1) is 19.6. The number of thiophene rings is 1. The number of para-hydroxylation sites is 1. The van der Waals surface area contributed by atoms with E-state index >= 15 is 0 Å². The van der Waals surface area contributed by atoms with Crippen LogP contribution in [0.25, 0.3) is 27.4 Å². The van der Waals surface area contributed by atoms with Crippen molar-refractivity contribution in [3.05, 3.63) is 87.6 Å². The van der Waals surface area contributed by atoms with Crippen LogP contribution in [0.5, 0.6) is 5.75 Å². The van der Waals surface area contributed by atoms with E-state index in [1.54, 1.807) is 30.4 Å². The lowest BCUT2D eigenvalue weighted by molar-refractivity contribution is 0.468. The smallest absolute Gasteiger partial charge is 0.336 e. The Morgan fingerprint density at radius 2 is 1.94 bits per heavy atom. The topological polar surface area (TPSA) is 81.2 Å². The first-order valence-corrected chi connectivity index (χ1v) is 11.4. The third-order valence-corrected chi connectivity index (χ3v) is 6.81. The maximum absolute atomic E-state index is 12.1. The van der Waals surface area contributed by atoms with Crippen molar-refractivity contribution < 1.29 is 9.52 Å². The molecule has 0 bridgehead atoms. The van der Waals surface area contributed by atoms with Gasteiger partial charge in [0.25, 0.3) is 0 Å². The summed E-state index contributed by atoms with van der Waals surface area (Å²) in [5.74, 6) is 1.38. The Labute approximate surface area is 185 Å². The van der Waals surface area contributed by atoms with Crippen LogP contribution in [0.4, 0.5) is 0 Å². The van der Waals surface area contributed by atoms with Crippen molar-refractivity contribution in [1.82, 2.24) is 14.8 Å². The van der Waals surface area contributed by atoms with Crippen LogP contribution in [-0.4, -0.2) is 19.9 Å². The van der Waals surface area contributed by atoms with Crippen molar-refractivity contribution in [3.8, 4) is 22.1 Å². The molecular weight excluding hydrogens is 430 g/mol. The standard InChI is InChI=1S/C23H17N3O3S2/c1-14-18(27)10-9-17-15(12-20(28)29-21(14)17)13-31-23-25-24-22(19-8-5-11-30-19)26(23)16-6-3-2-4-7-16/h2-12,27H,13H2,1H3. The molecule has 3 aromatic heterocycles. The van der Waals surface area contributed by atoms with Gasteiger partial charge < -0.3 is 9.52 Å². The van der Waals surface area contributed by atoms with Gasteiger partial charge in [0.05, 0.1) is 4.88 Å². The summed E-state index contributed by atoms with van der Waals surface area (Å²) in [5, 5.41) is 22.4. The molecule has 154 valence electrons. The first-order chi connectivity index (χ1) is 15.1. The van der Waals surface area contributed by atoms with Gasteiger partial charge >= 0.3 is 5.63 Å². The summed E-state index contributed by atoms with van der Waals surface area (Å²) in [6.45, 7) is 1.73. The number of benzene rings is 2. The molecule has 0 aliphatic heterocycles. The summed E-state index contributed by atoms with van der Waals surface area (Å²) in [5.41, 5.74) is 2.30. The minimum Gasteiger partial charge on any atom is -0.508 e. The lowest BCUT2D eigenvalue weighted by atomic mass is 10.1. The van der Waals surface area contributed by atoms with Gasteiger partial charge in [0, 0.05) is 28.5 Å². The van der Waals surface area contributed by atoms with Gasteiger partial charge in [-0.15, -0.1) is 21.5 Å². The van der Waals surface area contributed by atoms with Crippen LogP contribution in [-0.2, 0) is 5.75 Å². The number of hydrogen-bond donors (Lipinski definition) is 1. The zero-order valence-electron chi connectivity index (χ0n) is 16.5. The van der Waals surface area contributed by atoms with Crippen molar-refractivity contribution in [3.63, 3.8) is 0 Å². The molecule has 0 unspecified atom stereocenters. The molecule has 6 nitrogen and oxygen atoms in total. The van der Waals surface area contributed by atoms with Crippen molar-refractivity contribution in [2.24, 2.45) is 0 Å². The van der Waals surface area contributed by atoms with E-state index in [1.165, 1.54) is 17.8 Å². The monoisotopic (exact) mass is 447 g/mol. The quantitative estimate of drug-likeness (QED) is 0.287. The highest BCUT2D eigenvalue weighted by Crippen LogP contribution is 2.34. The Morgan fingerprint density at radius 3 is 2.71 bits per heavy atom. The molecule has 0 spiro atoms. The Morgan fingerprint density at radius 1 is 1.10 bits per heavy atom. The Balaban J connectivity index is 1.57. The van der Waals surface area contributed by atoms with Crippen LogP contribution < -0.4 is 5.63 Å². The fraction of sp³-hybridized carbons (Fsp3) is 0.0870. The van der Waals surface area contributed by atoms with Gasteiger partial charge in [-0.1, -0.05) is 36.0 Å². The van der Waals surface area contributed by atoms with E-state index < -0.39 is 5.63 Å². The molecule has 0 amide bonds. The van der Waals surface area contributed by atoms with Gasteiger partial charge in [-0.3, -0.25) is 4.57 Å². The van der Waals surface area contributed by atoms with Crippen molar-refractivity contribution in [2.45, 2.75) is 17.8 Å². The zero-order valence-corrected chi connectivity index (χ0v) is 18.1. The molecule has 0 saturated heterocycles. The van der Waals surface area contributed by atoms with E-state index in [1.807, 2.05) is 52.4 Å². The second kappa shape index (κ2) is 8.05. The molecule has 2 aromatic carbocycles. The summed E-state index contributed by atoms with van der Waals surface area (Å²) in [6, 6.07) is 18.9. The van der Waals surface area contributed by atoms with Crippen molar-refractivity contribution in [1.29, 1.82) is 0 Å². The summed E-state index contributed by atoms with van der Waals surface area (Å²) in [4.78, 5) is 13.2. The zero-order chi connectivity index (χ0) is 21.4. The highest BCUT2D eigenvalue weighted by Gasteiger charge is 2.18. The summed E-state index contributed by atoms with van der Waals surface area (Å²) in [6.07, 6.45) is 0. The Kier molecular flexibility index (Phi) is 5.09. The third-order valence-electron chi connectivity index (χ3n) is 4.96. The Hall–Kier alpha value is -3.36. The highest BCUT2D eigenvalue weighted by molar-refractivity contribution is 7.98. The minimum absolute atomic E-state index is 0.102. The second-order valence-electron chi connectivity index (χ2n) is 6.92. The van der Waals surface area contributed by atoms with Crippen LogP contribution in [0, 0.1) is 6.92 Å². The fourth-order valence-corrected chi connectivity index (χ4v) is 5.06. The molecule has 0 aliphatic carbocycles. The normalized spacial score (nSPS) is 11.3. The number of fused-ring (bicyclic) bond motifs is 1. The SMILES string of the molecule is Cc1c(O)ccc2c(CSc3nnc(-c4cccs4)n3-c3ccccc3)cc(=O)oc12. The fourth-order valence-electron chi connectivity index (χ4n) is 3.42. The second-order valence-corrected chi connectivity index (χ2v) is 8.81. The average Bonchev–Trinajstić information content (AvgIpc) is 3.45. The van der Waals surface area contributed by atoms with E-state index in [0.29, 0.717) is 16.9 Å². The van der Waals surface area contributed by atoms with Gasteiger partial charge in [-0.25, -0.2) is 4.79 Å². The van der Waals surface area contributed by atoms with Gasteiger partial charge in [0.1, 0.15) is 11.3 Å². The minimum atomic E-state index is -0.444. The van der Waals surface area contributed by atoms with Crippen LogP contribution in [0.2, 0.25) is 0 Å². The van der Waals surface area contributed by atoms with E-state index in [4.69, 9.17) is 4.42 Å². The van der Waals surface area contributed by atoms with Gasteiger partial charge in [0.2, 0.25) is 0 Å². The predicted octanol–water partition coefficient (Wildman–Crippen LogP) is 5.41. The number of phenolic OH excluding ortho intramolecular Hbond substituents is 1. The predicted molar refractivity (Wildman–Crippen MR) is 123 cm³/mol. The van der Waals surface area contributed by atoms with E-state index in [-0.39, 0.29) is 5.75 Å². The van der Waals surface area contributed by atoms with Crippen LogP contribution in [0.1, 0.15) is 11.1 Å². The lowest BCUT2D eigenvalue weighted by Crippen LogP contribution is -2.02. The number of phenols is 1. The van der Waals surface area contributed by atoms with Crippen molar-refractivity contribution in [2.75, 3.05) is 0 Å². The molecule has 0 atom stereocenters. The molecule has 1 N–H and O–H groups in total. The molecule has 0 aliphatic rings. The molecule has 31 heavy (non-hydrogen) atoms. The molecule has 0 saturated carbocycles. The van der Waals surface area contributed by atoms with Gasteiger partial charge in [-0.2, -0.15) is 0 Å². The number of aromatic nitrogens is 3. The van der Waals surface area contributed by atoms with Gasteiger partial charge in [-0.05, 0) is 48.2 Å². The number of aryl methyl sites for hydroxylation is 1. The highest BCUT2D eigenvalue weighted by atomic mass is 32.2. The number of thioether (sulfide) groups is 1. The first-order valence-electron chi connectivity index (χ1n) is 9.54. The van der Waals surface area contributed by atoms with E-state index in [2.05, 4.69) is 10.2 Å². The number of rotatable bonds is 5. The Bertz CT molecular complexity index is 1420. The van der Waals surface area contributed by atoms with Crippen LogP contribution in [0.15, 0.2) is 80.4 Å². The maximum atomic E-state index is 12.1. The van der Waals surface area contributed by atoms with E-state index in [9.17, 15) is 9.90 Å².